The largest absolute Gasteiger partial charge is 0.481 e. The van der Waals surface area contributed by atoms with Crippen LogP contribution in [-0.4, -0.2) is 39.0 Å². The maximum absolute atomic E-state index is 12.0. The van der Waals surface area contributed by atoms with Gasteiger partial charge in [0, 0.05) is 6.54 Å². The molecule has 2 heterocycles. The summed E-state index contributed by atoms with van der Waals surface area (Å²) >= 11 is 0. The Kier molecular flexibility index (Phi) is 3.70. The van der Waals surface area contributed by atoms with Crippen LogP contribution in [0.1, 0.15) is 18.7 Å². The van der Waals surface area contributed by atoms with Crippen LogP contribution in [0.5, 0.6) is 0 Å². The van der Waals surface area contributed by atoms with E-state index >= 15 is 0 Å². The van der Waals surface area contributed by atoms with Crippen molar-refractivity contribution in [2.45, 2.75) is 19.4 Å². The third-order valence-corrected chi connectivity index (χ3v) is 3.89. The minimum atomic E-state index is -0.750. The number of carboxylic acid groups (broad SMARTS) is 1. The SMILES string of the molecule is O=C(O)[C@H]1CCCN(Cc2nc3ccccc3c(=O)[nH]2)C1. The number of rotatable bonds is 3. The molecule has 21 heavy (non-hydrogen) atoms. The van der Waals surface area contributed by atoms with Gasteiger partial charge in [-0.2, -0.15) is 0 Å². The Labute approximate surface area is 121 Å². The number of hydrogen-bond acceptors (Lipinski definition) is 4. The van der Waals surface area contributed by atoms with Gasteiger partial charge in [0.25, 0.3) is 5.56 Å². The number of piperidine rings is 1. The van der Waals surface area contributed by atoms with Gasteiger partial charge in [-0.05, 0) is 31.5 Å². The zero-order valence-corrected chi connectivity index (χ0v) is 11.6. The summed E-state index contributed by atoms with van der Waals surface area (Å²) < 4.78 is 0. The van der Waals surface area contributed by atoms with E-state index in [2.05, 4.69) is 9.97 Å². The maximum atomic E-state index is 12.0. The lowest BCUT2D eigenvalue weighted by molar-refractivity contribution is -0.143. The fourth-order valence-corrected chi connectivity index (χ4v) is 2.82. The van der Waals surface area contributed by atoms with E-state index < -0.39 is 5.97 Å². The van der Waals surface area contributed by atoms with Crippen LogP contribution >= 0.6 is 0 Å². The number of benzene rings is 1. The monoisotopic (exact) mass is 287 g/mol. The smallest absolute Gasteiger partial charge is 0.307 e. The molecule has 1 aromatic heterocycles. The van der Waals surface area contributed by atoms with Gasteiger partial charge >= 0.3 is 5.97 Å². The fraction of sp³-hybridized carbons (Fsp3) is 0.400. The number of nitrogens with zero attached hydrogens (tertiary/aromatic N) is 2. The van der Waals surface area contributed by atoms with Crippen LogP contribution in [0.4, 0.5) is 0 Å². The molecule has 0 spiro atoms. The van der Waals surface area contributed by atoms with Crippen molar-refractivity contribution in [3.63, 3.8) is 0 Å². The van der Waals surface area contributed by atoms with Crippen molar-refractivity contribution in [1.82, 2.24) is 14.9 Å². The normalized spacial score (nSPS) is 19.7. The first kappa shape index (κ1) is 13.8. The van der Waals surface area contributed by atoms with Crippen LogP contribution in [0.2, 0.25) is 0 Å². The van der Waals surface area contributed by atoms with Crippen molar-refractivity contribution in [3.05, 3.63) is 40.4 Å². The minimum absolute atomic E-state index is 0.151. The van der Waals surface area contributed by atoms with Crippen LogP contribution in [0.3, 0.4) is 0 Å². The van der Waals surface area contributed by atoms with E-state index in [9.17, 15) is 9.59 Å². The second kappa shape index (κ2) is 5.65. The second-order valence-electron chi connectivity index (χ2n) is 5.44. The van der Waals surface area contributed by atoms with E-state index in [0.29, 0.717) is 36.2 Å². The van der Waals surface area contributed by atoms with E-state index in [-0.39, 0.29) is 11.5 Å². The number of aromatic amines is 1. The maximum Gasteiger partial charge on any atom is 0.307 e. The van der Waals surface area contributed by atoms with Gasteiger partial charge in [-0.25, -0.2) is 4.98 Å². The molecular weight excluding hydrogens is 270 g/mol. The molecule has 1 saturated heterocycles. The number of likely N-dealkylation sites (tertiary alicyclic amines) is 1. The third-order valence-electron chi connectivity index (χ3n) is 3.89. The number of fused-ring (bicyclic) bond motifs is 1. The van der Waals surface area contributed by atoms with Gasteiger partial charge in [0.15, 0.2) is 0 Å². The molecule has 0 unspecified atom stereocenters. The van der Waals surface area contributed by atoms with Crippen LogP contribution in [-0.2, 0) is 11.3 Å². The van der Waals surface area contributed by atoms with Crippen molar-refractivity contribution < 1.29 is 9.90 Å². The molecule has 1 aliphatic heterocycles. The van der Waals surface area contributed by atoms with Crippen LogP contribution in [0.25, 0.3) is 10.9 Å². The molecule has 0 saturated carbocycles. The van der Waals surface area contributed by atoms with Gasteiger partial charge in [-0.1, -0.05) is 12.1 Å². The predicted octanol–water partition coefficient (Wildman–Crippen LogP) is 1.22. The first-order valence-electron chi connectivity index (χ1n) is 7.06. The van der Waals surface area contributed by atoms with Crippen molar-refractivity contribution in [1.29, 1.82) is 0 Å². The quantitative estimate of drug-likeness (QED) is 0.886. The van der Waals surface area contributed by atoms with Crippen molar-refractivity contribution in [3.8, 4) is 0 Å². The van der Waals surface area contributed by atoms with E-state index in [1.54, 1.807) is 12.1 Å². The first-order chi connectivity index (χ1) is 10.1. The van der Waals surface area contributed by atoms with Crippen molar-refractivity contribution in [2.24, 2.45) is 5.92 Å². The Morgan fingerprint density at radius 3 is 3.05 bits per heavy atom. The molecular formula is C15H17N3O3. The van der Waals surface area contributed by atoms with Gasteiger partial charge in [-0.3, -0.25) is 14.5 Å². The topological polar surface area (TPSA) is 86.3 Å². The highest BCUT2D eigenvalue weighted by Gasteiger charge is 2.25. The fourth-order valence-electron chi connectivity index (χ4n) is 2.82. The standard InChI is InChI=1S/C15H17N3O3/c19-14-11-5-1-2-6-12(11)16-13(17-14)9-18-7-3-4-10(8-18)15(20)21/h1-2,5-6,10H,3-4,7-9H2,(H,20,21)(H,16,17,19)/t10-/m0/s1. The Balaban J connectivity index is 1.81. The average Bonchev–Trinajstić information content (AvgIpc) is 2.47. The molecule has 6 heteroatoms. The van der Waals surface area contributed by atoms with E-state index in [1.165, 1.54) is 0 Å². The molecule has 0 radical (unpaired) electrons. The predicted molar refractivity (Wildman–Crippen MR) is 78.0 cm³/mol. The Morgan fingerprint density at radius 1 is 1.43 bits per heavy atom. The molecule has 1 aliphatic rings. The zero-order chi connectivity index (χ0) is 14.8. The zero-order valence-electron chi connectivity index (χ0n) is 11.6. The summed E-state index contributed by atoms with van der Waals surface area (Å²) in [5, 5.41) is 9.68. The molecule has 6 nitrogen and oxygen atoms in total. The van der Waals surface area contributed by atoms with Crippen LogP contribution in [0.15, 0.2) is 29.1 Å². The second-order valence-corrected chi connectivity index (χ2v) is 5.44. The molecule has 2 aromatic rings. The van der Waals surface area contributed by atoms with Gasteiger partial charge in [0.1, 0.15) is 5.82 Å². The molecule has 0 amide bonds. The molecule has 1 fully saturated rings. The molecule has 3 rings (SSSR count). The highest BCUT2D eigenvalue weighted by atomic mass is 16.4. The van der Waals surface area contributed by atoms with Gasteiger partial charge in [0.2, 0.25) is 0 Å². The highest BCUT2D eigenvalue weighted by molar-refractivity contribution is 5.77. The number of para-hydroxylation sites is 1. The summed E-state index contributed by atoms with van der Waals surface area (Å²) in [4.78, 5) is 32.4. The molecule has 0 aliphatic carbocycles. The Hall–Kier alpha value is -2.21. The summed E-state index contributed by atoms with van der Waals surface area (Å²) in [7, 11) is 0. The molecule has 1 atom stereocenters. The van der Waals surface area contributed by atoms with E-state index in [0.717, 1.165) is 13.0 Å². The van der Waals surface area contributed by atoms with E-state index in [1.807, 2.05) is 17.0 Å². The van der Waals surface area contributed by atoms with Gasteiger partial charge in [-0.15, -0.1) is 0 Å². The number of carboxylic acids is 1. The number of H-pyrrole nitrogens is 1. The molecule has 0 bridgehead atoms. The van der Waals surface area contributed by atoms with Crippen LogP contribution in [0, 0.1) is 5.92 Å². The molecule has 1 aromatic carbocycles. The number of nitrogens with one attached hydrogen (secondary N) is 1. The number of aliphatic carboxylic acids is 1. The Bertz CT molecular complexity index is 725. The number of aromatic nitrogens is 2. The minimum Gasteiger partial charge on any atom is -0.481 e. The molecule has 110 valence electrons. The van der Waals surface area contributed by atoms with Gasteiger partial charge < -0.3 is 10.1 Å². The Morgan fingerprint density at radius 2 is 2.24 bits per heavy atom. The van der Waals surface area contributed by atoms with Crippen LogP contribution < -0.4 is 5.56 Å². The summed E-state index contributed by atoms with van der Waals surface area (Å²) in [6.45, 7) is 1.82. The highest BCUT2D eigenvalue weighted by Crippen LogP contribution is 2.18. The average molecular weight is 287 g/mol. The lowest BCUT2D eigenvalue weighted by Crippen LogP contribution is -2.38. The van der Waals surface area contributed by atoms with Crippen molar-refractivity contribution >= 4 is 16.9 Å². The lowest BCUT2D eigenvalue weighted by atomic mass is 9.98. The first-order valence-corrected chi connectivity index (χ1v) is 7.06. The third kappa shape index (κ3) is 2.95. The summed E-state index contributed by atoms with van der Waals surface area (Å²) in [6, 6.07) is 7.21. The van der Waals surface area contributed by atoms with Gasteiger partial charge in [0.05, 0.1) is 23.4 Å². The lowest BCUT2D eigenvalue weighted by Gasteiger charge is -2.30. The van der Waals surface area contributed by atoms with Crippen molar-refractivity contribution in [2.75, 3.05) is 13.1 Å². The number of carbonyl (C=O) groups is 1. The summed E-state index contributed by atoms with van der Waals surface area (Å²) in [6.07, 6.45) is 1.57. The van der Waals surface area contributed by atoms with E-state index in [4.69, 9.17) is 5.11 Å². The molecule has 2 N–H and O–H groups in total. The summed E-state index contributed by atoms with van der Waals surface area (Å²) in [5.41, 5.74) is 0.519. The summed E-state index contributed by atoms with van der Waals surface area (Å²) in [5.74, 6) is -0.490. The number of hydrogen-bond donors (Lipinski definition) is 2.